The number of amides is 1. The van der Waals surface area contributed by atoms with Gasteiger partial charge in [0, 0.05) is 25.2 Å². The fourth-order valence-corrected chi connectivity index (χ4v) is 2.11. The molecule has 0 radical (unpaired) electrons. The molecule has 106 valence electrons. The first kappa shape index (κ1) is 15.3. The number of nitrogens with zero attached hydrogens (tertiary/aromatic N) is 1. The van der Waals surface area contributed by atoms with Crippen molar-refractivity contribution in [1.82, 2.24) is 5.32 Å². The highest BCUT2D eigenvalue weighted by Gasteiger charge is 2.12. The van der Waals surface area contributed by atoms with Gasteiger partial charge in [-0.05, 0) is 38.0 Å². The smallest absolute Gasteiger partial charge is 0.251 e. The Morgan fingerprint density at radius 1 is 1.21 bits per heavy atom. The fourth-order valence-electron chi connectivity index (χ4n) is 2.11. The first-order chi connectivity index (χ1) is 9.13. The van der Waals surface area contributed by atoms with Crippen molar-refractivity contribution < 1.29 is 4.79 Å². The molecule has 0 heterocycles. The van der Waals surface area contributed by atoms with E-state index in [0.29, 0.717) is 12.1 Å². The summed E-state index contributed by atoms with van der Waals surface area (Å²) in [5, 5.41) is 2.81. The number of benzene rings is 1. The van der Waals surface area contributed by atoms with Gasteiger partial charge < -0.3 is 16.0 Å². The zero-order chi connectivity index (χ0) is 14.3. The maximum Gasteiger partial charge on any atom is 0.251 e. The molecule has 0 unspecified atom stereocenters. The predicted molar refractivity (Wildman–Crippen MR) is 81.7 cm³/mol. The lowest BCUT2D eigenvalue weighted by Crippen LogP contribution is -2.27. The Bertz CT molecular complexity index is 412. The van der Waals surface area contributed by atoms with Gasteiger partial charge in [0.15, 0.2) is 0 Å². The zero-order valence-corrected chi connectivity index (χ0v) is 12.2. The van der Waals surface area contributed by atoms with Gasteiger partial charge in [-0.2, -0.15) is 0 Å². The van der Waals surface area contributed by atoms with E-state index in [1.165, 1.54) is 0 Å². The van der Waals surface area contributed by atoms with Crippen LogP contribution in [0.15, 0.2) is 18.2 Å². The molecule has 0 atom stereocenters. The van der Waals surface area contributed by atoms with E-state index in [2.05, 4.69) is 24.1 Å². The Balaban J connectivity index is 3.03. The minimum absolute atomic E-state index is 0.0447. The van der Waals surface area contributed by atoms with Crippen LogP contribution in [0.3, 0.4) is 0 Å². The largest absolute Gasteiger partial charge is 0.397 e. The van der Waals surface area contributed by atoms with Gasteiger partial charge in [-0.15, -0.1) is 0 Å². The van der Waals surface area contributed by atoms with Crippen molar-refractivity contribution in [3.63, 3.8) is 0 Å². The van der Waals surface area contributed by atoms with Crippen LogP contribution in [0.25, 0.3) is 0 Å². The minimum Gasteiger partial charge on any atom is -0.397 e. The van der Waals surface area contributed by atoms with Crippen LogP contribution in [-0.2, 0) is 0 Å². The van der Waals surface area contributed by atoms with Crippen LogP contribution in [-0.4, -0.2) is 25.5 Å². The lowest BCUT2D eigenvalue weighted by Gasteiger charge is -2.25. The van der Waals surface area contributed by atoms with E-state index in [1.54, 1.807) is 6.07 Å². The number of hydrogen-bond acceptors (Lipinski definition) is 3. The molecule has 0 saturated heterocycles. The Hall–Kier alpha value is -1.71. The van der Waals surface area contributed by atoms with Crippen LogP contribution in [0.2, 0.25) is 0 Å². The van der Waals surface area contributed by atoms with E-state index in [1.807, 2.05) is 19.1 Å². The second-order valence-corrected chi connectivity index (χ2v) is 4.62. The molecule has 19 heavy (non-hydrogen) atoms. The van der Waals surface area contributed by atoms with Gasteiger partial charge in [0.2, 0.25) is 0 Å². The molecule has 1 aromatic carbocycles. The number of rotatable bonds is 7. The average molecular weight is 263 g/mol. The molecule has 0 saturated carbocycles. The summed E-state index contributed by atoms with van der Waals surface area (Å²) in [5.74, 6) is -0.0447. The van der Waals surface area contributed by atoms with E-state index in [-0.39, 0.29) is 5.91 Å². The third-order valence-corrected chi connectivity index (χ3v) is 2.96. The molecule has 0 aliphatic carbocycles. The van der Waals surface area contributed by atoms with Crippen molar-refractivity contribution in [2.24, 2.45) is 0 Å². The van der Waals surface area contributed by atoms with Crippen molar-refractivity contribution in [3.8, 4) is 0 Å². The molecule has 1 rings (SSSR count). The molecule has 1 aromatic rings. The maximum absolute atomic E-state index is 11.9. The number of carbonyl (C=O) groups is 1. The molecule has 0 spiro atoms. The molecular formula is C15H25N3O. The molecular weight excluding hydrogens is 238 g/mol. The van der Waals surface area contributed by atoms with E-state index in [0.717, 1.165) is 37.3 Å². The summed E-state index contributed by atoms with van der Waals surface area (Å²) >= 11 is 0. The number of anilines is 2. The van der Waals surface area contributed by atoms with Gasteiger partial charge in [0.05, 0.1) is 11.4 Å². The normalized spacial score (nSPS) is 10.3. The van der Waals surface area contributed by atoms with Crippen molar-refractivity contribution in [2.45, 2.75) is 33.6 Å². The Morgan fingerprint density at radius 2 is 1.84 bits per heavy atom. The predicted octanol–water partition coefficient (Wildman–Crippen LogP) is 2.64. The fraction of sp³-hybridized carbons (Fsp3) is 0.533. The number of nitrogens with two attached hydrogens (primary N) is 1. The molecule has 0 aliphatic heterocycles. The number of nitrogen functional groups attached to an aromatic ring is 1. The lowest BCUT2D eigenvalue weighted by molar-refractivity contribution is 0.0956. The van der Waals surface area contributed by atoms with E-state index in [9.17, 15) is 4.79 Å². The van der Waals surface area contributed by atoms with Crippen LogP contribution < -0.4 is 16.0 Å². The summed E-state index contributed by atoms with van der Waals surface area (Å²) in [4.78, 5) is 14.1. The lowest BCUT2D eigenvalue weighted by atomic mass is 10.1. The zero-order valence-electron chi connectivity index (χ0n) is 12.2. The van der Waals surface area contributed by atoms with Crippen molar-refractivity contribution in [1.29, 1.82) is 0 Å². The summed E-state index contributed by atoms with van der Waals surface area (Å²) in [6.07, 6.45) is 2.12. The first-order valence-electron chi connectivity index (χ1n) is 7.06. The third kappa shape index (κ3) is 4.16. The maximum atomic E-state index is 11.9. The molecule has 0 bridgehead atoms. The highest BCUT2D eigenvalue weighted by Crippen LogP contribution is 2.25. The summed E-state index contributed by atoms with van der Waals surface area (Å²) < 4.78 is 0. The van der Waals surface area contributed by atoms with Crippen molar-refractivity contribution >= 4 is 17.3 Å². The number of carbonyl (C=O) groups excluding carboxylic acids is 1. The number of nitrogens with one attached hydrogen (secondary N) is 1. The van der Waals surface area contributed by atoms with Gasteiger partial charge in [-0.25, -0.2) is 0 Å². The molecule has 0 aromatic heterocycles. The molecule has 3 N–H and O–H groups in total. The van der Waals surface area contributed by atoms with Gasteiger partial charge in [0.25, 0.3) is 5.91 Å². The average Bonchev–Trinajstić information content (AvgIpc) is 2.39. The van der Waals surface area contributed by atoms with Crippen LogP contribution in [0.1, 0.15) is 44.0 Å². The van der Waals surface area contributed by atoms with Gasteiger partial charge in [-0.1, -0.05) is 13.8 Å². The van der Waals surface area contributed by atoms with Gasteiger partial charge in [0.1, 0.15) is 0 Å². The molecule has 0 aliphatic rings. The van der Waals surface area contributed by atoms with Crippen molar-refractivity contribution in [2.75, 3.05) is 30.3 Å². The van der Waals surface area contributed by atoms with Crippen LogP contribution in [0.4, 0.5) is 11.4 Å². The molecule has 0 fully saturated rings. The van der Waals surface area contributed by atoms with E-state index in [4.69, 9.17) is 5.73 Å². The van der Waals surface area contributed by atoms with Gasteiger partial charge in [-0.3, -0.25) is 4.79 Å². The monoisotopic (exact) mass is 263 g/mol. The SMILES string of the molecule is CCCN(CCC)c1cc(C(=O)NCC)ccc1N. The van der Waals surface area contributed by atoms with Crippen LogP contribution in [0.5, 0.6) is 0 Å². The van der Waals surface area contributed by atoms with Crippen molar-refractivity contribution in [3.05, 3.63) is 23.8 Å². The Morgan fingerprint density at radius 3 is 2.37 bits per heavy atom. The molecule has 4 heteroatoms. The second kappa shape index (κ2) is 7.67. The van der Waals surface area contributed by atoms with Gasteiger partial charge >= 0.3 is 0 Å². The van der Waals surface area contributed by atoms with E-state index >= 15 is 0 Å². The number of hydrogen-bond donors (Lipinski definition) is 2. The summed E-state index contributed by atoms with van der Waals surface area (Å²) in [6, 6.07) is 5.49. The highest BCUT2D eigenvalue weighted by molar-refractivity contribution is 5.96. The highest BCUT2D eigenvalue weighted by atomic mass is 16.1. The Kier molecular flexibility index (Phi) is 6.19. The summed E-state index contributed by atoms with van der Waals surface area (Å²) in [7, 11) is 0. The quantitative estimate of drug-likeness (QED) is 0.744. The standard InChI is InChI=1S/C15H25N3O/c1-4-9-18(10-5-2)14-11-12(7-8-13(14)16)15(19)17-6-3/h7-8,11H,4-6,9-10,16H2,1-3H3,(H,17,19). The minimum atomic E-state index is -0.0447. The Labute approximate surface area is 116 Å². The topological polar surface area (TPSA) is 58.4 Å². The third-order valence-electron chi connectivity index (χ3n) is 2.96. The molecule has 1 amide bonds. The second-order valence-electron chi connectivity index (χ2n) is 4.62. The van der Waals surface area contributed by atoms with Crippen LogP contribution in [0, 0.1) is 0 Å². The summed E-state index contributed by atoms with van der Waals surface area (Å²) in [5.41, 5.74) is 8.42. The van der Waals surface area contributed by atoms with Crippen LogP contribution >= 0.6 is 0 Å². The summed E-state index contributed by atoms with van der Waals surface area (Å²) in [6.45, 7) is 8.75. The van der Waals surface area contributed by atoms with E-state index < -0.39 is 0 Å². The first-order valence-corrected chi connectivity index (χ1v) is 7.06. The molecule has 4 nitrogen and oxygen atoms in total.